The van der Waals surface area contributed by atoms with Crippen LogP contribution in [0.3, 0.4) is 0 Å². The van der Waals surface area contributed by atoms with Crippen molar-refractivity contribution in [1.82, 2.24) is 19.5 Å². The van der Waals surface area contributed by atoms with E-state index in [-0.39, 0.29) is 0 Å². The normalized spacial score (nSPS) is 20.4. The molecule has 3 aromatic rings. The molecule has 2 aliphatic rings. The number of nitrogens with zero attached hydrogens (tertiary/aromatic N) is 5. The maximum absolute atomic E-state index is 9.22. The van der Waals surface area contributed by atoms with E-state index < -0.39 is 0 Å². The second kappa shape index (κ2) is 14.5. The molecule has 0 bridgehead atoms. The van der Waals surface area contributed by atoms with Gasteiger partial charge in [-0.3, -0.25) is 0 Å². The van der Waals surface area contributed by atoms with Crippen molar-refractivity contribution in [3.05, 3.63) is 81.5 Å². The zero-order chi connectivity index (χ0) is 27.6. The van der Waals surface area contributed by atoms with Crippen LogP contribution in [0.25, 0.3) is 16.9 Å². The van der Waals surface area contributed by atoms with Crippen LogP contribution in [-0.2, 0) is 0 Å². The molecule has 1 N–H and O–H groups in total. The Bertz CT molecular complexity index is 1400. The van der Waals surface area contributed by atoms with E-state index in [2.05, 4.69) is 49.5 Å². The minimum atomic E-state index is 0.555. The van der Waals surface area contributed by atoms with E-state index in [1.54, 1.807) is 6.20 Å². The topological polar surface area (TPSA) is 69.2 Å². The summed E-state index contributed by atoms with van der Waals surface area (Å²) in [5.41, 5.74) is 4.74. The van der Waals surface area contributed by atoms with Gasteiger partial charge >= 0.3 is 0 Å². The zero-order valence-corrected chi connectivity index (χ0v) is 25.0. The van der Waals surface area contributed by atoms with Gasteiger partial charge in [0.1, 0.15) is 5.82 Å². The Balaban J connectivity index is 0.00000172. The summed E-state index contributed by atoms with van der Waals surface area (Å²) in [7, 11) is 0. The lowest BCUT2D eigenvalue weighted by Crippen LogP contribution is -2.38. The molecule has 5 rings (SSSR count). The standard InChI is InChI=1S/C29H30BrClN6.C2H6/c30-25-19-34-37-28(16-27(35-29(25)37)24-9-3-4-10-26(24)31)33-18-23-8-5-14-36(20-23)15-13-21-6-1-2-7-22(17-32)12-11-21;1-2/h1-4,7,9-11,16,19,23,33H,5-6,8,12-15,18,20H2;1-2H3/b2-1?,21-11+,22-7+;. The first-order valence-corrected chi connectivity index (χ1v) is 15.0. The lowest BCUT2D eigenvalue weighted by Gasteiger charge is -2.33. The molecule has 204 valence electrons. The number of benzene rings is 1. The minimum Gasteiger partial charge on any atom is -0.370 e. The molecule has 1 saturated heterocycles. The second-order valence-electron chi connectivity index (χ2n) is 9.68. The van der Waals surface area contributed by atoms with Crippen molar-refractivity contribution in [3.8, 4) is 17.3 Å². The van der Waals surface area contributed by atoms with E-state index in [4.69, 9.17) is 16.6 Å². The number of hydrogen-bond acceptors (Lipinski definition) is 5. The van der Waals surface area contributed by atoms with Gasteiger partial charge in [-0.2, -0.15) is 14.9 Å². The quantitative estimate of drug-likeness (QED) is 0.275. The highest BCUT2D eigenvalue weighted by atomic mass is 79.9. The Morgan fingerprint density at radius 1 is 1.23 bits per heavy atom. The zero-order valence-electron chi connectivity index (χ0n) is 22.7. The molecule has 1 unspecified atom stereocenters. The largest absolute Gasteiger partial charge is 0.370 e. The molecule has 3 heterocycles. The molecule has 8 heteroatoms. The molecule has 0 saturated carbocycles. The van der Waals surface area contributed by atoms with Gasteiger partial charge in [0, 0.05) is 48.3 Å². The van der Waals surface area contributed by atoms with Crippen molar-refractivity contribution < 1.29 is 0 Å². The van der Waals surface area contributed by atoms with Gasteiger partial charge in [-0.25, -0.2) is 4.98 Å². The first kappa shape index (κ1) is 29.1. The molecule has 1 aromatic carbocycles. The van der Waals surface area contributed by atoms with E-state index in [1.807, 2.05) is 60.8 Å². The van der Waals surface area contributed by atoms with Crippen molar-refractivity contribution in [2.24, 2.45) is 5.92 Å². The molecule has 1 aliphatic carbocycles. The van der Waals surface area contributed by atoms with Gasteiger partial charge in [-0.15, -0.1) is 0 Å². The molecule has 0 amide bonds. The smallest absolute Gasteiger partial charge is 0.172 e. The summed E-state index contributed by atoms with van der Waals surface area (Å²) in [6.45, 7) is 8.15. The number of anilines is 1. The van der Waals surface area contributed by atoms with Crippen LogP contribution < -0.4 is 5.32 Å². The highest BCUT2D eigenvalue weighted by Crippen LogP contribution is 2.30. The molecular weight excluding hydrogens is 572 g/mol. The SMILES string of the molecule is CC.N#C/C1=C/C=CC/C(CCN2CCCC(CNc3cc(-c4ccccc4Cl)nc4c(Br)cnn34)C2)=C\C1. The van der Waals surface area contributed by atoms with Crippen molar-refractivity contribution in [3.63, 3.8) is 0 Å². The van der Waals surface area contributed by atoms with Crippen LogP contribution in [0.1, 0.15) is 46.0 Å². The van der Waals surface area contributed by atoms with Crippen LogP contribution in [0.2, 0.25) is 5.02 Å². The molecule has 1 atom stereocenters. The fourth-order valence-electron chi connectivity index (χ4n) is 5.04. The third-order valence-corrected chi connectivity index (χ3v) is 7.96. The molecule has 1 aliphatic heterocycles. The highest BCUT2D eigenvalue weighted by Gasteiger charge is 2.21. The van der Waals surface area contributed by atoms with Crippen molar-refractivity contribution in [2.75, 3.05) is 31.5 Å². The van der Waals surface area contributed by atoms with Crippen LogP contribution in [0.4, 0.5) is 5.82 Å². The number of rotatable bonds is 7. The number of piperidine rings is 1. The number of allylic oxidation sites excluding steroid dienone is 5. The van der Waals surface area contributed by atoms with Crippen LogP contribution in [0.15, 0.2) is 76.5 Å². The van der Waals surface area contributed by atoms with Gasteiger partial charge in [0.2, 0.25) is 0 Å². The summed E-state index contributed by atoms with van der Waals surface area (Å²) in [5.74, 6) is 1.47. The van der Waals surface area contributed by atoms with Crippen LogP contribution in [-0.4, -0.2) is 45.7 Å². The molecular formula is C31H36BrClN6. The Labute approximate surface area is 245 Å². The number of hydrogen-bond donors (Lipinski definition) is 1. The van der Waals surface area contributed by atoms with E-state index >= 15 is 0 Å². The Kier molecular flexibility index (Phi) is 10.8. The van der Waals surface area contributed by atoms with Gasteiger partial charge < -0.3 is 10.2 Å². The maximum atomic E-state index is 9.22. The third kappa shape index (κ3) is 7.60. The predicted molar refractivity (Wildman–Crippen MR) is 165 cm³/mol. The average molecular weight is 608 g/mol. The van der Waals surface area contributed by atoms with Crippen LogP contribution in [0, 0.1) is 17.2 Å². The Morgan fingerprint density at radius 3 is 2.90 bits per heavy atom. The molecule has 0 radical (unpaired) electrons. The fraction of sp³-hybridized carbons (Fsp3) is 0.387. The average Bonchev–Trinajstić information content (AvgIpc) is 3.33. The summed E-state index contributed by atoms with van der Waals surface area (Å²) >= 11 is 10.1. The Morgan fingerprint density at radius 2 is 2.08 bits per heavy atom. The summed E-state index contributed by atoms with van der Waals surface area (Å²) in [5, 5.41) is 18.1. The number of nitriles is 1. The van der Waals surface area contributed by atoms with Gasteiger partial charge in [-0.05, 0) is 66.2 Å². The van der Waals surface area contributed by atoms with Gasteiger partial charge in [-0.1, -0.05) is 67.4 Å². The van der Waals surface area contributed by atoms with Gasteiger partial charge in [0.15, 0.2) is 5.65 Å². The van der Waals surface area contributed by atoms with E-state index in [0.717, 1.165) is 78.2 Å². The lowest BCUT2D eigenvalue weighted by molar-refractivity contribution is 0.182. The third-order valence-electron chi connectivity index (χ3n) is 7.07. The summed E-state index contributed by atoms with van der Waals surface area (Å²) in [6, 6.07) is 12.1. The number of halogens is 2. The molecule has 6 nitrogen and oxygen atoms in total. The number of aromatic nitrogens is 3. The van der Waals surface area contributed by atoms with Crippen LogP contribution in [0.5, 0.6) is 0 Å². The molecule has 39 heavy (non-hydrogen) atoms. The first-order chi connectivity index (χ1) is 19.1. The molecule has 2 aromatic heterocycles. The van der Waals surface area contributed by atoms with E-state index in [0.29, 0.717) is 10.9 Å². The van der Waals surface area contributed by atoms with E-state index in [1.165, 1.54) is 18.4 Å². The lowest BCUT2D eigenvalue weighted by atomic mass is 9.96. The Hall–Kier alpha value is -2.92. The first-order valence-electron chi connectivity index (χ1n) is 13.8. The molecule has 0 spiro atoms. The van der Waals surface area contributed by atoms with Gasteiger partial charge in [0.25, 0.3) is 0 Å². The van der Waals surface area contributed by atoms with Crippen molar-refractivity contribution in [2.45, 2.75) is 46.0 Å². The second-order valence-corrected chi connectivity index (χ2v) is 10.9. The maximum Gasteiger partial charge on any atom is 0.172 e. The predicted octanol–water partition coefficient (Wildman–Crippen LogP) is 8.08. The van der Waals surface area contributed by atoms with Crippen molar-refractivity contribution >= 4 is 39.0 Å². The minimum absolute atomic E-state index is 0.555. The summed E-state index contributed by atoms with van der Waals surface area (Å²) in [6.07, 6.45) is 15.3. The monoisotopic (exact) mass is 606 g/mol. The van der Waals surface area contributed by atoms with Crippen LogP contribution >= 0.6 is 27.5 Å². The molecule has 1 fully saturated rings. The number of fused-ring (bicyclic) bond motifs is 1. The van der Waals surface area contributed by atoms with Gasteiger partial charge in [0.05, 0.1) is 22.4 Å². The summed E-state index contributed by atoms with van der Waals surface area (Å²) in [4.78, 5) is 7.40. The fourth-order valence-corrected chi connectivity index (χ4v) is 5.62. The number of nitrogens with one attached hydrogen (secondary N) is 1. The van der Waals surface area contributed by atoms with E-state index in [9.17, 15) is 5.26 Å². The summed E-state index contributed by atoms with van der Waals surface area (Å²) < 4.78 is 2.70. The van der Waals surface area contributed by atoms with Crippen molar-refractivity contribution in [1.29, 1.82) is 5.26 Å². The highest BCUT2D eigenvalue weighted by molar-refractivity contribution is 9.10. The number of likely N-dealkylation sites (tertiary alicyclic amines) is 1.